The first kappa shape index (κ1) is 36.6. The van der Waals surface area contributed by atoms with E-state index in [0.29, 0.717) is 18.1 Å². The minimum absolute atomic E-state index is 0.0376. The molecule has 0 aromatic rings. The summed E-state index contributed by atoms with van der Waals surface area (Å²) in [6.07, 6.45) is 5.94. The highest BCUT2D eigenvalue weighted by Crippen LogP contribution is 2.38. The molecule has 0 bridgehead atoms. The lowest BCUT2D eigenvalue weighted by molar-refractivity contribution is -0.878. The van der Waals surface area contributed by atoms with Crippen LogP contribution in [-0.2, 0) is 34.0 Å². The van der Waals surface area contributed by atoms with Crippen molar-refractivity contribution < 1.29 is 41.3 Å². The number of hydrogen-bond acceptors (Lipinski definition) is 9. The van der Waals surface area contributed by atoms with E-state index < -0.39 is 38.8 Å². The lowest BCUT2D eigenvalue weighted by atomic mass is 9.72. The summed E-state index contributed by atoms with van der Waals surface area (Å²) >= 11 is 4.53. The van der Waals surface area contributed by atoms with E-state index in [0.717, 1.165) is 32.1 Å². The van der Waals surface area contributed by atoms with Crippen LogP contribution < -0.4 is 5.32 Å². The van der Waals surface area contributed by atoms with E-state index >= 15 is 0 Å². The second kappa shape index (κ2) is 16.7. The molecule has 0 heterocycles. The molecule has 0 saturated heterocycles. The highest BCUT2D eigenvalue weighted by molar-refractivity contribution is 7.85. The number of unbranched alkanes of at least 4 members (excludes halogenated alkanes) is 1. The fourth-order valence-corrected chi connectivity index (χ4v) is 5.63. The largest absolute Gasteiger partial charge is 0.744 e. The molecule has 2 unspecified atom stereocenters. The first-order valence-corrected chi connectivity index (χ1v) is 15.5. The number of ether oxygens (including phenoxy) is 2. The van der Waals surface area contributed by atoms with Gasteiger partial charge in [0, 0.05) is 11.7 Å². The maximum absolute atomic E-state index is 12.9. The standard InChI is InChI=1S/C26H50N2O8S2/c1-8-12-21(37)13-10-11-14-22(29)27-15-17-35-24(31)26(5,9-2)19-25(3,4)23(30)36-18-16-28(6,7)20-38(32,33)34/h21H,8-20H2,1-7H3,(H2-,27,29,32,33,34,37). The van der Waals surface area contributed by atoms with Crippen LogP contribution in [0.3, 0.4) is 0 Å². The lowest BCUT2D eigenvalue weighted by Gasteiger charge is -2.34. The van der Waals surface area contributed by atoms with Crippen molar-refractivity contribution in [3.05, 3.63) is 0 Å². The Labute approximate surface area is 235 Å². The van der Waals surface area contributed by atoms with Crippen LogP contribution in [0.25, 0.3) is 0 Å². The van der Waals surface area contributed by atoms with Gasteiger partial charge < -0.3 is 23.8 Å². The zero-order chi connectivity index (χ0) is 29.6. The van der Waals surface area contributed by atoms with E-state index in [1.54, 1.807) is 34.9 Å². The van der Waals surface area contributed by atoms with Gasteiger partial charge in [-0.05, 0) is 52.9 Å². The predicted octanol–water partition coefficient (Wildman–Crippen LogP) is 3.26. The second-order valence-electron chi connectivity index (χ2n) is 11.6. The summed E-state index contributed by atoms with van der Waals surface area (Å²) in [4.78, 5) is 37.6. The van der Waals surface area contributed by atoms with Gasteiger partial charge >= 0.3 is 11.9 Å². The van der Waals surface area contributed by atoms with Gasteiger partial charge in [0.15, 0.2) is 5.88 Å². The van der Waals surface area contributed by atoms with Crippen LogP contribution in [0.5, 0.6) is 0 Å². The minimum atomic E-state index is -4.42. The van der Waals surface area contributed by atoms with Crippen molar-refractivity contribution in [3.63, 3.8) is 0 Å². The van der Waals surface area contributed by atoms with Crippen LogP contribution in [-0.4, -0.2) is 86.8 Å². The average molecular weight is 583 g/mol. The maximum atomic E-state index is 12.9. The van der Waals surface area contributed by atoms with Crippen LogP contribution in [0.1, 0.15) is 86.0 Å². The number of likely N-dealkylation sites (N-methyl/N-ethyl adjacent to an activating group) is 1. The van der Waals surface area contributed by atoms with Crippen LogP contribution in [0, 0.1) is 10.8 Å². The summed E-state index contributed by atoms with van der Waals surface area (Å²) in [6, 6.07) is 0. The molecule has 10 nitrogen and oxygen atoms in total. The van der Waals surface area contributed by atoms with E-state index in [9.17, 15) is 27.4 Å². The topological polar surface area (TPSA) is 139 Å². The zero-order valence-corrected chi connectivity index (χ0v) is 26.0. The Hall–Kier alpha value is -1.37. The number of esters is 2. The molecule has 0 spiro atoms. The van der Waals surface area contributed by atoms with Crippen molar-refractivity contribution in [3.8, 4) is 0 Å². The number of thiol groups is 1. The summed E-state index contributed by atoms with van der Waals surface area (Å²) in [5.74, 6) is -1.67. The summed E-state index contributed by atoms with van der Waals surface area (Å²) in [6.45, 7) is 9.39. The van der Waals surface area contributed by atoms with Gasteiger partial charge in [0.05, 0.1) is 31.5 Å². The van der Waals surface area contributed by atoms with Crippen molar-refractivity contribution in [1.82, 2.24) is 5.32 Å². The Balaban J connectivity index is 4.58. The molecule has 0 aliphatic rings. The van der Waals surface area contributed by atoms with Crippen molar-refractivity contribution in [2.45, 2.75) is 91.2 Å². The Kier molecular flexibility index (Phi) is 16.1. The Morgan fingerprint density at radius 2 is 1.61 bits per heavy atom. The van der Waals surface area contributed by atoms with E-state index in [4.69, 9.17) is 9.47 Å². The summed E-state index contributed by atoms with van der Waals surface area (Å²) in [5, 5.41) is 3.15. The number of rotatable bonds is 20. The summed E-state index contributed by atoms with van der Waals surface area (Å²) in [7, 11) is -1.29. The Morgan fingerprint density at radius 3 is 2.16 bits per heavy atom. The number of amides is 1. The van der Waals surface area contributed by atoms with Gasteiger partial charge in [-0.1, -0.05) is 26.7 Å². The molecule has 0 radical (unpaired) electrons. The number of nitrogens with zero attached hydrogens (tertiary/aromatic N) is 1. The summed E-state index contributed by atoms with van der Waals surface area (Å²) in [5.41, 5.74) is -1.96. The molecule has 0 aromatic carbocycles. The molecule has 0 aromatic heterocycles. The molecule has 12 heteroatoms. The van der Waals surface area contributed by atoms with Crippen molar-refractivity contribution >= 4 is 40.6 Å². The molecular weight excluding hydrogens is 532 g/mol. The number of hydrogen-bond donors (Lipinski definition) is 2. The molecule has 0 fully saturated rings. The first-order chi connectivity index (χ1) is 17.4. The third-order valence-electron chi connectivity index (χ3n) is 6.57. The third-order valence-corrected chi connectivity index (χ3v) is 8.10. The molecular formula is C26H50N2O8S2. The lowest BCUT2D eigenvalue weighted by Crippen LogP contribution is -2.46. The smallest absolute Gasteiger partial charge is 0.311 e. The van der Waals surface area contributed by atoms with E-state index in [1.807, 2.05) is 6.92 Å². The Morgan fingerprint density at radius 1 is 1.00 bits per heavy atom. The first-order valence-electron chi connectivity index (χ1n) is 13.4. The number of carbonyl (C=O) groups is 3. The molecule has 1 N–H and O–H groups in total. The molecule has 1 amide bonds. The van der Waals surface area contributed by atoms with Crippen molar-refractivity contribution in [2.24, 2.45) is 10.8 Å². The molecule has 0 aliphatic heterocycles. The van der Waals surface area contributed by atoms with Gasteiger partial charge in [-0.2, -0.15) is 12.6 Å². The van der Waals surface area contributed by atoms with E-state index in [2.05, 4.69) is 24.9 Å². The van der Waals surface area contributed by atoms with Gasteiger partial charge in [0.2, 0.25) is 5.91 Å². The SMILES string of the molecule is CCCC(S)CCCCC(=O)NCCOC(=O)C(C)(CC)CC(C)(C)C(=O)OCC[N+](C)(C)CS(=O)(=O)[O-]. The molecule has 0 aliphatic carbocycles. The second-order valence-corrected chi connectivity index (χ2v) is 13.7. The average Bonchev–Trinajstić information content (AvgIpc) is 2.77. The van der Waals surface area contributed by atoms with Crippen molar-refractivity contribution in [2.75, 3.05) is 46.3 Å². The van der Waals surface area contributed by atoms with Crippen LogP contribution in [0.2, 0.25) is 0 Å². The van der Waals surface area contributed by atoms with Crippen LogP contribution >= 0.6 is 12.6 Å². The highest BCUT2D eigenvalue weighted by atomic mass is 32.2. The van der Waals surface area contributed by atoms with Gasteiger partial charge in [0.1, 0.15) is 29.9 Å². The zero-order valence-electron chi connectivity index (χ0n) is 24.3. The van der Waals surface area contributed by atoms with Crippen LogP contribution in [0.4, 0.5) is 0 Å². The molecule has 0 saturated carbocycles. The maximum Gasteiger partial charge on any atom is 0.311 e. The third kappa shape index (κ3) is 15.9. The Bertz CT molecular complexity index is 861. The normalized spacial score (nSPS) is 14.9. The fourth-order valence-electron chi connectivity index (χ4n) is 4.20. The monoisotopic (exact) mass is 582 g/mol. The van der Waals surface area contributed by atoms with Gasteiger partial charge in [-0.25, -0.2) is 8.42 Å². The number of nitrogens with one attached hydrogen (secondary N) is 1. The molecule has 2 atom stereocenters. The van der Waals surface area contributed by atoms with Crippen molar-refractivity contribution in [1.29, 1.82) is 0 Å². The fraction of sp³-hybridized carbons (Fsp3) is 0.885. The van der Waals surface area contributed by atoms with Crippen LogP contribution in [0.15, 0.2) is 0 Å². The molecule has 224 valence electrons. The van der Waals surface area contributed by atoms with Gasteiger partial charge in [0.25, 0.3) is 0 Å². The van der Waals surface area contributed by atoms with Gasteiger partial charge in [-0.3, -0.25) is 14.4 Å². The molecule has 0 rings (SSSR count). The predicted molar refractivity (Wildman–Crippen MR) is 149 cm³/mol. The quantitative estimate of drug-likeness (QED) is 0.0733. The number of quaternary nitrogens is 1. The molecule has 38 heavy (non-hydrogen) atoms. The highest BCUT2D eigenvalue weighted by Gasteiger charge is 2.43. The summed E-state index contributed by atoms with van der Waals surface area (Å²) < 4.78 is 43.7. The number of carbonyl (C=O) groups excluding carboxylic acids is 3. The van der Waals surface area contributed by atoms with Gasteiger partial charge in [-0.15, -0.1) is 0 Å². The van der Waals surface area contributed by atoms with E-state index in [1.165, 1.54) is 0 Å². The van der Waals surface area contributed by atoms with E-state index in [-0.39, 0.29) is 43.1 Å². The minimum Gasteiger partial charge on any atom is -0.744 e.